The third-order valence-corrected chi connectivity index (χ3v) is 4.39. The summed E-state index contributed by atoms with van der Waals surface area (Å²) in [5.74, 6) is -1.58. The van der Waals surface area contributed by atoms with E-state index in [0.717, 1.165) is 0 Å². The Labute approximate surface area is 171 Å². The second-order valence-corrected chi connectivity index (χ2v) is 6.31. The van der Waals surface area contributed by atoms with E-state index in [1.807, 2.05) is 0 Å². The second-order valence-electron chi connectivity index (χ2n) is 6.31. The summed E-state index contributed by atoms with van der Waals surface area (Å²) >= 11 is 0. The second kappa shape index (κ2) is 8.72. The SMILES string of the molecule is [2H]C([2H])([2H])Oc1cccc(N2CCO[C@H]([C@@H](O)C(=O)Nc3ccc(C(=N)N)cc3)C2=O)c1. The van der Waals surface area contributed by atoms with E-state index in [2.05, 4.69) is 5.32 Å². The Morgan fingerprint density at radius 2 is 2.17 bits per heavy atom. The molecule has 2 aromatic carbocycles. The van der Waals surface area contributed by atoms with Crippen LogP contribution in [0.25, 0.3) is 0 Å². The summed E-state index contributed by atoms with van der Waals surface area (Å²) in [4.78, 5) is 26.7. The minimum absolute atomic E-state index is 0.0469. The Balaban J connectivity index is 1.70. The topological polar surface area (TPSA) is 138 Å². The molecule has 29 heavy (non-hydrogen) atoms. The van der Waals surface area contributed by atoms with Gasteiger partial charge in [0.2, 0.25) is 0 Å². The highest BCUT2D eigenvalue weighted by atomic mass is 16.5. The lowest BCUT2D eigenvalue weighted by Gasteiger charge is -2.34. The van der Waals surface area contributed by atoms with Gasteiger partial charge in [0.1, 0.15) is 11.6 Å². The van der Waals surface area contributed by atoms with Crippen molar-refractivity contribution in [2.75, 3.05) is 30.4 Å². The summed E-state index contributed by atoms with van der Waals surface area (Å²) in [6.07, 6.45) is -3.24. The Morgan fingerprint density at radius 1 is 1.41 bits per heavy atom. The average Bonchev–Trinajstić information content (AvgIpc) is 2.72. The van der Waals surface area contributed by atoms with Crippen LogP contribution < -0.4 is 20.7 Å². The predicted molar refractivity (Wildman–Crippen MR) is 107 cm³/mol. The van der Waals surface area contributed by atoms with E-state index in [4.69, 9.17) is 24.7 Å². The van der Waals surface area contributed by atoms with Crippen molar-refractivity contribution in [1.82, 2.24) is 0 Å². The molecule has 1 saturated heterocycles. The van der Waals surface area contributed by atoms with Gasteiger partial charge >= 0.3 is 0 Å². The number of nitrogens with two attached hydrogens (primary N) is 1. The van der Waals surface area contributed by atoms with E-state index in [0.29, 0.717) is 16.9 Å². The summed E-state index contributed by atoms with van der Waals surface area (Å²) in [7, 11) is -2.65. The third-order valence-electron chi connectivity index (χ3n) is 4.39. The quantitative estimate of drug-likeness (QED) is 0.415. The number of amidine groups is 1. The Kier molecular flexibility index (Phi) is 4.97. The number of morpholine rings is 1. The van der Waals surface area contributed by atoms with Crippen molar-refractivity contribution in [3.8, 4) is 5.75 Å². The Morgan fingerprint density at radius 3 is 2.86 bits per heavy atom. The number of rotatable bonds is 6. The van der Waals surface area contributed by atoms with Crippen molar-refractivity contribution in [3.05, 3.63) is 54.1 Å². The number of aliphatic hydroxyl groups excluding tert-OH is 1. The molecule has 1 aliphatic rings. The van der Waals surface area contributed by atoms with Gasteiger partial charge in [-0.3, -0.25) is 15.0 Å². The molecule has 0 radical (unpaired) electrons. The number of anilines is 2. The molecule has 0 aliphatic carbocycles. The smallest absolute Gasteiger partial charge is 0.259 e. The number of carbonyl (C=O) groups excluding carboxylic acids is 2. The molecule has 152 valence electrons. The normalized spacial score (nSPS) is 19.5. The van der Waals surface area contributed by atoms with Gasteiger partial charge in [-0.15, -0.1) is 0 Å². The molecule has 1 heterocycles. The highest BCUT2D eigenvalue weighted by Crippen LogP contribution is 2.24. The molecular weight excluding hydrogens is 376 g/mol. The Hall–Kier alpha value is -3.43. The average molecular weight is 401 g/mol. The van der Waals surface area contributed by atoms with Crippen LogP contribution >= 0.6 is 0 Å². The number of nitrogens with one attached hydrogen (secondary N) is 2. The van der Waals surface area contributed by atoms with Crippen molar-refractivity contribution in [2.45, 2.75) is 12.2 Å². The number of ether oxygens (including phenoxy) is 2. The summed E-state index contributed by atoms with van der Waals surface area (Å²) in [6, 6.07) is 12.0. The number of carbonyl (C=O) groups is 2. The molecule has 0 bridgehead atoms. The number of nitrogen functional groups attached to an aromatic ring is 1. The predicted octanol–water partition coefficient (Wildman–Crippen LogP) is 0.711. The number of benzene rings is 2. The van der Waals surface area contributed by atoms with Crippen molar-refractivity contribution in [1.29, 1.82) is 5.41 Å². The highest BCUT2D eigenvalue weighted by molar-refractivity contribution is 6.04. The van der Waals surface area contributed by atoms with Crippen molar-refractivity contribution in [3.63, 3.8) is 0 Å². The first-order chi connectivity index (χ1) is 15.0. The maximum Gasteiger partial charge on any atom is 0.259 e. The zero-order valence-electron chi connectivity index (χ0n) is 18.3. The summed E-state index contributed by atoms with van der Waals surface area (Å²) < 4.78 is 31.8. The molecule has 2 aromatic rings. The van der Waals surface area contributed by atoms with E-state index in [9.17, 15) is 14.7 Å². The van der Waals surface area contributed by atoms with Gasteiger partial charge in [0.15, 0.2) is 12.2 Å². The number of methoxy groups -OCH3 is 1. The fraction of sp³-hybridized carbons (Fsp3) is 0.250. The standard InChI is InChI=1S/C20H22N4O5/c1-28-15-4-2-3-14(11-15)24-9-10-29-17(20(24)27)16(25)19(26)23-13-7-5-12(6-8-13)18(21)22/h2-8,11,16-17,25H,9-10H2,1H3,(H3,21,22)(H,23,26)/t16-,17-/m1/s1/i1D3. The molecule has 0 aromatic heterocycles. The van der Waals surface area contributed by atoms with Gasteiger partial charge in [-0.2, -0.15) is 0 Å². The molecule has 3 rings (SSSR count). The fourth-order valence-corrected chi connectivity index (χ4v) is 2.89. The van der Waals surface area contributed by atoms with Gasteiger partial charge in [-0.1, -0.05) is 6.07 Å². The van der Waals surface area contributed by atoms with Crippen LogP contribution in [0.2, 0.25) is 0 Å². The van der Waals surface area contributed by atoms with Crippen LogP contribution in [0.5, 0.6) is 5.75 Å². The largest absolute Gasteiger partial charge is 0.497 e. The molecule has 2 atom stereocenters. The van der Waals surface area contributed by atoms with Crippen LogP contribution in [0.1, 0.15) is 9.68 Å². The molecule has 0 unspecified atom stereocenters. The maximum absolute atomic E-state index is 12.9. The Bertz CT molecular complexity index is 1010. The van der Waals surface area contributed by atoms with E-state index in [1.54, 1.807) is 6.07 Å². The van der Waals surface area contributed by atoms with E-state index in [1.165, 1.54) is 47.4 Å². The van der Waals surface area contributed by atoms with E-state index < -0.39 is 31.1 Å². The highest BCUT2D eigenvalue weighted by Gasteiger charge is 2.39. The molecule has 5 N–H and O–H groups in total. The van der Waals surface area contributed by atoms with Crippen LogP contribution in [0.3, 0.4) is 0 Å². The van der Waals surface area contributed by atoms with E-state index in [-0.39, 0.29) is 24.7 Å². The number of aliphatic hydroxyl groups is 1. The van der Waals surface area contributed by atoms with Gasteiger partial charge in [-0.25, -0.2) is 0 Å². The van der Waals surface area contributed by atoms with Crippen LogP contribution in [-0.4, -0.2) is 55.2 Å². The first-order valence-electron chi connectivity index (χ1n) is 10.2. The minimum Gasteiger partial charge on any atom is -0.497 e. The molecule has 1 fully saturated rings. The zero-order chi connectivity index (χ0) is 23.5. The molecule has 9 heteroatoms. The molecule has 0 saturated carbocycles. The number of nitrogens with zero attached hydrogens (tertiary/aromatic N) is 1. The summed E-state index contributed by atoms with van der Waals surface area (Å²) in [6.45, 7) is 0.200. The minimum atomic E-state index is -2.65. The van der Waals surface area contributed by atoms with Crippen molar-refractivity contribution in [2.24, 2.45) is 5.73 Å². The number of amides is 2. The van der Waals surface area contributed by atoms with Gasteiger partial charge < -0.3 is 30.5 Å². The summed E-state index contributed by atoms with van der Waals surface area (Å²) in [5.41, 5.74) is 6.54. The van der Waals surface area contributed by atoms with Crippen molar-refractivity contribution < 1.29 is 28.3 Å². The molecule has 9 nitrogen and oxygen atoms in total. The van der Waals surface area contributed by atoms with Crippen LogP contribution in [0.4, 0.5) is 11.4 Å². The van der Waals surface area contributed by atoms with Crippen LogP contribution in [0.15, 0.2) is 48.5 Å². The maximum atomic E-state index is 12.9. The van der Waals surface area contributed by atoms with Crippen LogP contribution in [0, 0.1) is 5.41 Å². The monoisotopic (exact) mass is 401 g/mol. The van der Waals surface area contributed by atoms with Crippen LogP contribution in [-0.2, 0) is 14.3 Å². The first kappa shape index (κ1) is 16.5. The fourth-order valence-electron chi connectivity index (χ4n) is 2.89. The lowest BCUT2D eigenvalue weighted by Crippen LogP contribution is -2.55. The molecular formula is C20H22N4O5. The molecule has 2 amide bonds. The lowest BCUT2D eigenvalue weighted by molar-refractivity contribution is -0.150. The zero-order valence-corrected chi connectivity index (χ0v) is 15.3. The van der Waals surface area contributed by atoms with Gasteiger partial charge in [0.05, 0.1) is 17.8 Å². The van der Waals surface area contributed by atoms with Crippen molar-refractivity contribution >= 4 is 29.0 Å². The molecule has 0 spiro atoms. The van der Waals surface area contributed by atoms with Gasteiger partial charge in [-0.05, 0) is 36.4 Å². The molecule has 1 aliphatic heterocycles. The lowest BCUT2D eigenvalue weighted by atomic mass is 10.1. The van der Waals surface area contributed by atoms with Gasteiger partial charge in [0.25, 0.3) is 11.8 Å². The first-order valence-corrected chi connectivity index (χ1v) is 8.70. The number of hydrogen-bond acceptors (Lipinski definition) is 6. The third kappa shape index (κ3) is 4.53. The van der Waals surface area contributed by atoms with Gasteiger partial charge in [0, 0.05) is 29.5 Å². The number of hydrogen-bond donors (Lipinski definition) is 4. The van der Waals surface area contributed by atoms with E-state index >= 15 is 0 Å². The summed E-state index contributed by atoms with van der Waals surface area (Å²) in [5, 5.41) is 20.3.